The number of hydrogen-bond acceptors (Lipinski definition) is 5. The Labute approximate surface area is 87.0 Å². The number of fused-ring (bicyclic) bond motifs is 1. The second-order valence-corrected chi connectivity index (χ2v) is 2.93. The molecule has 0 unspecified atom stereocenters. The molecule has 2 heterocycles. The van der Waals surface area contributed by atoms with Gasteiger partial charge in [-0.15, -0.1) is 11.6 Å². The van der Waals surface area contributed by atoms with Crippen LogP contribution in [0.4, 0.5) is 5.69 Å². The molecule has 0 saturated heterocycles. The lowest BCUT2D eigenvalue weighted by atomic mass is 10.4. The quantitative estimate of drug-likeness (QED) is 0.437. The average molecular weight is 230 g/mol. The summed E-state index contributed by atoms with van der Waals surface area (Å²) in [5.74, 6) is -0.687. The van der Waals surface area contributed by atoms with Gasteiger partial charge in [-0.3, -0.25) is 10.1 Å². The van der Waals surface area contributed by atoms with Gasteiger partial charge in [0.1, 0.15) is 12.2 Å². The zero-order valence-electron chi connectivity index (χ0n) is 7.21. The monoisotopic (exact) mass is 229 g/mol. The first-order chi connectivity index (χ1) is 7.13. The Morgan fingerprint density at radius 3 is 3.00 bits per heavy atom. The Hall–Kier alpha value is -1.89. The number of nitrogens with zero attached hydrogens (tertiary/aromatic N) is 3. The SMILES string of the molecule is O=c1oc2cc([N+](=O)[O-])cnc2n1CCl. The fourth-order valence-electron chi connectivity index (χ4n) is 1.15. The van der Waals surface area contributed by atoms with Crippen LogP contribution < -0.4 is 5.76 Å². The van der Waals surface area contributed by atoms with Gasteiger partial charge in [0, 0.05) is 0 Å². The molecule has 2 rings (SSSR count). The van der Waals surface area contributed by atoms with E-state index in [0.717, 1.165) is 16.8 Å². The molecule has 78 valence electrons. The fourth-order valence-corrected chi connectivity index (χ4v) is 1.36. The number of oxazole rings is 1. The Morgan fingerprint density at radius 1 is 1.67 bits per heavy atom. The first-order valence-corrected chi connectivity index (χ1v) is 4.36. The van der Waals surface area contributed by atoms with Crippen LogP contribution in [0.1, 0.15) is 0 Å². The van der Waals surface area contributed by atoms with Crippen molar-refractivity contribution in [3.63, 3.8) is 0 Å². The normalized spacial score (nSPS) is 10.7. The largest absolute Gasteiger partial charge is 0.422 e. The Bertz CT molecular complexity index is 587. The first-order valence-electron chi connectivity index (χ1n) is 3.83. The smallest absolute Gasteiger partial charge is 0.406 e. The molecule has 0 aromatic carbocycles. The molecule has 0 saturated carbocycles. The van der Waals surface area contributed by atoms with Gasteiger partial charge in [0.25, 0.3) is 5.69 Å². The van der Waals surface area contributed by atoms with E-state index in [1.165, 1.54) is 0 Å². The van der Waals surface area contributed by atoms with Gasteiger partial charge in [-0.05, 0) is 0 Å². The van der Waals surface area contributed by atoms with Gasteiger partial charge in [-0.2, -0.15) is 0 Å². The van der Waals surface area contributed by atoms with E-state index in [-0.39, 0.29) is 22.9 Å². The summed E-state index contributed by atoms with van der Waals surface area (Å²) in [7, 11) is 0. The number of halogens is 1. The number of rotatable bonds is 2. The lowest BCUT2D eigenvalue weighted by Crippen LogP contribution is -2.11. The molecule has 0 fully saturated rings. The van der Waals surface area contributed by atoms with E-state index in [4.69, 9.17) is 16.0 Å². The number of nitro groups is 1. The molecule has 0 bridgehead atoms. The van der Waals surface area contributed by atoms with Crippen LogP contribution in [-0.4, -0.2) is 14.5 Å². The van der Waals surface area contributed by atoms with Crippen molar-refractivity contribution in [2.24, 2.45) is 0 Å². The Balaban J connectivity index is 2.75. The third kappa shape index (κ3) is 1.46. The number of alkyl halides is 1. The van der Waals surface area contributed by atoms with Crippen molar-refractivity contribution in [3.8, 4) is 0 Å². The van der Waals surface area contributed by atoms with Crippen molar-refractivity contribution in [2.45, 2.75) is 6.00 Å². The van der Waals surface area contributed by atoms with E-state index in [1.807, 2.05) is 0 Å². The van der Waals surface area contributed by atoms with Gasteiger partial charge >= 0.3 is 5.76 Å². The third-order valence-corrected chi connectivity index (χ3v) is 2.06. The second-order valence-electron chi connectivity index (χ2n) is 2.69. The van der Waals surface area contributed by atoms with Gasteiger partial charge in [0.05, 0.1) is 11.0 Å². The molecule has 0 N–H and O–H groups in total. The van der Waals surface area contributed by atoms with Gasteiger partial charge in [0.2, 0.25) is 0 Å². The Kier molecular flexibility index (Phi) is 2.16. The van der Waals surface area contributed by atoms with E-state index in [0.29, 0.717) is 0 Å². The van der Waals surface area contributed by atoms with Gasteiger partial charge < -0.3 is 4.42 Å². The molecule has 15 heavy (non-hydrogen) atoms. The maximum absolute atomic E-state index is 11.2. The summed E-state index contributed by atoms with van der Waals surface area (Å²) >= 11 is 5.48. The van der Waals surface area contributed by atoms with E-state index >= 15 is 0 Å². The van der Waals surface area contributed by atoms with E-state index < -0.39 is 10.7 Å². The molecule has 0 amide bonds. The summed E-state index contributed by atoms with van der Waals surface area (Å²) in [5.41, 5.74) is 0.00780. The van der Waals surface area contributed by atoms with Crippen LogP contribution in [0.15, 0.2) is 21.5 Å². The first kappa shape index (κ1) is 9.66. The highest BCUT2D eigenvalue weighted by atomic mass is 35.5. The summed E-state index contributed by atoms with van der Waals surface area (Å²) < 4.78 is 5.81. The lowest BCUT2D eigenvalue weighted by Gasteiger charge is -1.92. The zero-order valence-corrected chi connectivity index (χ0v) is 7.97. The summed E-state index contributed by atoms with van der Waals surface area (Å²) in [6.45, 7) is 0. The standard InChI is InChI=1S/C7H4ClN3O4/c8-3-10-6-5(15-7(10)12)1-4(2-9-6)11(13)14/h1-2H,3H2. The highest BCUT2D eigenvalue weighted by Gasteiger charge is 2.14. The van der Waals surface area contributed by atoms with Crippen LogP contribution in [0.2, 0.25) is 0 Å². The minimum atomic E-state index is -0.687. The van der Waals surface area contributed by atoms with Crippen LogP contribution >= 0.6 is 11.6 Å². The lowest BCUT2D eigenvalue weighted by molar-refractivity contribution is -0.385. The van der Waals surface area contributed by atoms with E-state index in [1.54, 1.807) is 0 Å². The van der Waals surface area contributed by atoms with Crippen LogP contribution in [-0.2, 0) is 6.00 Å². The molecule has 7 nitrogen and oxygen atoms in total. The minimum absolute atomic E-state index is 0.0508. The molecule has 2 aromatic rings. The molecule has 2 aromatic heterocycles. The summed E-state index contributed by atoms with van der Waals surface area (Å²) in [6.07, 6.45) is 1.04. The highest BCUT2D eigenvalue weighted by molar-refractivity contribution is 6.15. The predicted molar refractivity (Wildman–Crippen MR) is 50.8 cm³/mol. The molecule has 0 aliphatic rings. The van der Waals surface area contributed by atoms with Crippen molar-refractivity contribution in [2.75, 3.05) is 0 Å². The molecular weight excluding hydrogens is 226 g/mol. The summed E-state index contributed by atoms with van der Waals surface area (Å²) in [4.78, 5) is 24.7. The molecule has 0 radical (unpaired) electrons. The van der Waals surface area contributed by atoms with E-state index in [2.05, 4.69) is 4.98 Å². The summed E-state index contributed by atoms with van der Waals surface area (Å²) in [5, 5.41) is 10.4. The van der Waals surface area contributed by atoms with E-state index in [9.17, 15) is 14.9 Å². The highest BCUT2D eigenvalue weighted by Crippen LogP contribution is 2.17. The molecule has 8 heteroatoms. The molecular formula is C7H4ClN3O4. The molecule has 0 atom stereocenters. The van der Waals surface area contributed by atoms with Crippen LogP contribution in [0.3, 0.4) is 0 Å². The zero-order chi connectivity index (χ0) is 11.0. The maximum Gasteiger partial charge on any atom is 0.422 e. The van der Waals surface area contributed by atoms with Crippen molar-refractivity contribution in [1.29, 1.82) is 0 Å². The fraction of sp³-hybridized carbons (Fsp3) is 0.143. The number of pyridine rings is 1. The predicted octanol–water partition coefficient (Wildman–Crippen LogP) is 1.09. The third-order valence-electron chi connectivity index (χ3n) is 1.82. The number of aromatic nitrogens is 2. The van der Waals surface area contributed by atoms with Gasteiger partial charge in [-0.1, -0.05) is 0 Å². The van der Waals surface area contributed by atoms with Crippen LogP contribution in [0.5, 0.6) is 0 Å². The van der Waals surface area contributed by atoms with Crippen molar-refractivity contribution in [1.82, 2.24) is 9.55 Å². The molecule has 0 aliphatic heterocycles. The van der Waals surface area contributed by atoms with Crippen molar-refractivity contribution in [3.05, 3.63) is 32.9 Å². The maximum atomic E-state index is 11.2. The number of hydrogen-bond donors (Lipinski definition) is 0. The van der Waals surface area contributed by atoms with Gasteiger partial charge in [0.15, 0.2) is 11.2 Å². The van der Waals surface area contributed by atoms with Crippen LogP contribution in [0.25, 0.3) is 11.2 Å². The van der Waals surface area contributed by atoms with Crippen molar-refractivity contribution < 1.29 is 9.34 Å². The topological polar surface area (TPSA) is 91.2 Å². The van der Waals surface area contributed by atoms with Gasteiger partial charge in [-0.25, -0.2) is 14.3 Å². The second kappa shape index (κ2) is 3.35. The molecule has 0 spiro atoms. The minimum Gasteiger partial charge on any atom is -0.406 e. The molecule has 0 aliphatic carbocycles. The summed E-state index contributed by atoms with van der Waals surface area (Å²) in [6, 6.07) is 1.02. The average Bonchev–Trinajstić information content (AvgIpc) is 2.51. The van der Waals surface area contributed by atoms with Crippen molar-refractivity contribution >= 4 is 28.5 Å². The van der Waals surface area contributed by atoms with Crippen LogP contribution in [0, 0.1) is 10.1 Å². The Morgan fingerprint density at radius 2 is 2.40 bits per heavy atom.